The lowest BCUT2D eigenvalue weighted by Crippen LogP contribution is -2.17. The molecule has 0 aliphatic heterocycles. The molecule has 5 heteroatoms. The molecule has 0 N–H and O–H groups in total. The van der Waals surface area contributed by atoms with E-state index in [4.69, 9.17) is 14.2 Å². The number of Topliss-reactive ketones (excluding diaryl/α,β-unsaturated/α-hetero) is 1. The Bertz CT molecular complexity index is 679. The summed E-state index contributed by atoms with van der Waals surface area (Å²) in [6, 6.07) is 14.3. The second-order valence-electron chi connectivity index (χ2n) is 4.69. The summed E-state index contributed by atoms with van der Waals surface area (Å²) in [5, 5.41) is 0. The Morgan fingerprint density at radius 1 is 1.00 bits per heavy atom. The Kier molecular flexibility index (Phi) is 5.74. The van der Waals surface area contributed by atoms with Gasteiger partial charge in [-0.2, -0.15) is 0 Å². The molecule has 5 nitrogen and oxygen atoms in total. The Hall–Kier alpha value is -2.82. The van der Waals surface area contributed by atoms with Crippen LogP contribution in [-0.4, -0.2) is 25.5 Å². The molecule has 0 amide bonds. The number of hydrogen-bond donors (Lipinski definition) is 0. The van der Waals surface area contributed by atoms with Gasteiger partial charge in [0.1, 0.15) is 6.61 Å². The lowest BCUT2D eigenvalue weighted by atomic mass is 10.1. The van der Waals surface area contributed by atoms with E-state index in [0.717, 1.165) is 5.56 Å². The van der Waals surface area contributed by atoms with Crippen LogP contribution in [0.3, 0.4) is 0 Å². The van der Waals surface area contributed by atoms with Crippen molar-refractivity contribution in [2.75, 3.05) is 13.7 Å². The summed E-state index contributed by atoms with van der Waals surface area (Å²) >= 11 is 0. The van der Waals surface area contributed by atoms with E-state index in [2.05, 4.69) is 0 Å². The maximum atomic E-state index is 11.9. The Balaban J connectivity index is 2.13. The van der Waals surface area contributed by atoms with Crippen LogP contribution in [-0.2, 0) is 16.1 Å². The number of methoxy groups -OCH3 is 1. The highest BCUT2D eigenvalue weighted by molar-refractivity contribution is 6.40. The van der Waals surface area contributed by atoms with Crippen molar-refractivity contribution in [1.82, 2.24) is 0 Å². The quantitative estimate of drug-likeness (QED) is 0.446. The van der Waals surface area contributed by atoms with Gasteiger partial charge in [0.2, 0.25) is 0 Å². The number of ketones is 1. The van der Waals surface area contributed by atoms with Crippen molar-refractivity contribution < 1.29 is 23.8 Å². The molecule has 0 saturated heterocycles. The van der Waals surface area contributed by atoms with Crippen molar-refractivity contribution >= 4 is 11.8 Å². The summed E-state index contributed by atoms with van der Waals surface area (Å²) in [5.74, 6) is -0.708. The van der Waals surface area contributed by atoms with Crippen molar-refractivity contribution in [1.29, 1.82) is 0 Å². The third-order valence-corrected chi connectivity index (χ3v) is 3.12. The normalized spacial score (nSPS) is 10.0. The fourth-order valence-electron chi connectivity index (χ4n) is 1.98. The molecule has 0 aliphatic carbocycles. The average Bonchev–Trinajstić information content (AvgIpc) is 2.60. The second-order valence-corrected chi connectivity index (χ2v) is 4.69. The van der Waals surface area contributed by atoms with Crippen molar-refractivity contribution in [2.45, 2.75) is 13.5 Å². The van der Waals surface area contributed by atoms with Crippen molar-refractivity contribution in [2.24, 2.45) is 0 Å². The van der Waals surface area contributed by atoms with E-state index < -0.39 is 11.8 Å². The van der Waals surface area contributed by atoms with E-state index in [1.165, 1.54) is 19.2 Å². The zero-order valence-electron chi connectivity index (χ0n) is 13.1. The molecule has 120 valence electrons. The molecule has 2 aromatic rings. The molecule has 2 rings (SSSR count). The molecule has 2 aromatic carbocycles. The first-order valence-electron chi connectivity index (χ1n) is 7.22. The standard InChI is InChI=1S/C18H18O5/c1-3-22-18(20)17(19)14-9-10-15(16(11-14)21-2)23-12-13-7-5-4-6-8-13/h4-11H,3,12H2,1-2H3. The number of carbonyl (C=O) groups is 2. The van der Waals surface area contributed by atoms with Crippen LogP contribution in [0.5, 0.6) is 11.5 Å². The number of benzene rings is 2. The molecule has 0 heterocycles. The topological polar surface area (TPSA) is 61.8 Å². The molecule has 0 aliphatic rings. The monoisotopic (exact) mass is 314 g/mol. The number of esters is 1. The van der Waals surface area contributed by atoms with Crippen LogP contribution < -0.4 is 9.47 Å². The van der Waals surface area contributed by atoms with E-state index in [0.29, 0.717) is 18.1 Å². The van der Waals surface area contributed by atoms with Gasteiger partial charge in [-0.3, -0.25) is 4.79 Å². The van der Waals surface area contributed by atoms with Gasteiger partial charge >= 0.3 is 5.97 Å². The zero-order valence-corrected chi connectivity index (χ0v) is 13.1. The molecule has 0 fully saturated rings. The van der Waals surface area contributed by atoms with Crippen LogP contribution >= 0.6 is 0 Å². The first kappa shape index (κ1) is 16.5. The van der Waals surface area contributed by atoms with E-state index in [-0.39, 0.29) is 12.2 Å². The lowest BCUT2D eigenvalue weighted by molar-refractivity contribution is -0.137. The lowest BCUT2D eigenvalue weighted by Gasteiger charge is -2.12. The predicted octanol–water partition coefficient (Wildman–Crippen LogP) is 3.02. The van der Waals surface area contributed by atoms with Gasteiger partial charge in [-0.05, 0) is 30.7 Å². The van der Waals surface area contributed by atoms with Crippen LogP contribution in [0.25, 0.3) is 0 Å². The summed E-state index contributed by atoms with van der Waals surface area (Å²) in [6.45, 7) is 2.18. The Labute approximate surface area is 134 Å². The van der Waals surface area contributed by atoms with Crippen LogP contribution in [0.2, 0.25) is 0 Å². The molecule has 0 unspecified atom stereocenters. The zero-order chi connectivity index (χ0) is 16.7. The highest BCUT2D eigenvalue weighted by Crippen LogP contribution is 2.29. The summed E-state index contributed by atoms with van der Waals surface area (Å²) in [4.78, 5) is 23.4. The van der Waals surface area contributed by atoms with Crippen LogP contribution in [0.4, 0.5) is 0 Å². The van der Waals surface area contributed by atoms with Gasteiger partial charge in [-0.25, -0.2) is 4.79 Å². The minimum atomic E-state index is -0.882. The van der Waals surface area contributed by atoms with E-state index in [1.807, 2.05) is 30.3 Å². The summed E-state index contributed by atoms with van der Waals surface area (Å²) in [7, 11) is 1.48. The molecule has 0 saturated carbocycles. The van der Waals surface area contributed by atoms with Gasteiger partial charge in [0.25, 0.3) is 5.78 Å². The van der Waals surface area contributed by atoms with Crippen LogP contribution in [0.1, 0.15) is 22.8 Å². The van der Waals surface area contributed by atoms with Gasteiger partial charge < -0.3 is 14.2 Å². The SMILES string of the molecule is CCOC(=O)C(=O)c1ccc(OCc2ccccc2)c(OC)c1. The molecule has 0 radical (unpaired) electrons. The highest BCUT2D eigenvalue weighted by atomic mass is 16.5. The smallest absolute Gasteiger partial charge is 0.379 e. The molecule has 0 spiro atoms. The Morgan fingerprint density at radius 2 is 1.74 bits per heavy atom. The molecular formula is C18H18O5. The van der Waals surface area contributed by atoms with Gasteiger partial charge in [-0.15, -0.1) is 0 Å². The number of ether oxygens (including phenoxy) is 3. The summed E-state index contributed by atoms with van der Waals surface area (Å²) in [6.07, 6.45) is 0. The molecule has 23 heavy (non-hydrogen) atoms. The van der Waals surface area contributed by atoms with E-state index >= 15 is 0 Å². The van der Waals surface area contributed by atoms with Crippen LogP contribution in [0.15, 0.2) is 48.5 Å². The third kappa shape index (κ3) is 4.32. The van der Waals surface area contributed by atoms with Gasteiger partial charge in [0.15, 0.2) is 11.5 Å². The molecule has 0 bridgehead atoms. The maximum Gasteiger partial charge on any atom is 0.379 e. The summed E-state index contributed by atoms with van der Waals surface area (Å²) in [5.41, 5.74) is 1.22. The van der Waals surface area contributed by atoms with Crippen molar-refractivity contribution in [3.05, 3.63) is 59.7 Å². The van der Waals surface area contributed by atoms with Gasteiger partial charge in [0, 0.05) is 5.56 Å². The van der Waals surface area contributed by atoms with E-state index in [1.54, 1.807) is 13.0 Å². The molecular weight excluding hydrogens is 296 g/mol. The highest BCUT2D eigenvalue weighted by Gasteiger charge is 2.19. The number of rotatable bonds is 7. The first-order valence-corrected chi connectivity index (χ1v) is 7.22. The van der Waals surface area contributed by atoms with Crippen molar-refractivity contribution in [3.63, 3.8) is 0 Å². The summed E-state index contributed by atoms with van der Waals surface area (Å²) < 4.78 is 15.6. The van der Waals surface area contributed by atoms with Crippen molar-refractivity contribution in [3.8, 4) is 11.5 Å². The molecule has 0 aromatic heterocycles. The third-order valence-electron chi connectivity index (χ3n) is 3.12. The largest absolute Gasteiger partial charge is 0.493 e. The second kappa shape index (κ2) is 7.98. The Morgan fingerprint density at radius 3 is 2.39 bits per heavy atom. The molecule has 0 atom stereocenters. The van der Waals surface area contributed by atoms with Gasteiger partial charge in [-0.1, -0.05) is 30.3 Å². The minimum absolute atomic E-state index is 0.153. The average molecular weight is 314 g/mol. The van der Waals surface area contributed by atoms with E-state index in [9.17, 15) is 9.59 Å². The first-order chi connectivity index (χ1) is 11.2. The predicted molar refractivity (Wildman–Crippen MR) is 84.7 cm³/mol. The van der Waals surface area contributed by atoms with Gasteiger partial charge in [0.05, 0.1) is 13.7 Å². The maximum absolute atomic E-state index is 11.9. The number of hydrogen-bond acceptors (Lipinski definition) is 5. The fourth-order valence-corrected chi connectivity index (χ4v) is 1.98. The minimum Gasteiger partial charge on any atom is -0.493 e. The number of carbonyl (C=O) groups excluding carboxylic acids is 2. The fraction of sp³-hybridized carbons (Fsp3) is 0.222. The van der Waals surface area contributed by atoms with Crippen LogP contribution in [0, 0.1) is 0 Å².